The van der Waals surface area contributed by atoms with Crippen molar-refractivity contribution in [1.82, 2.24) is 0 Å². The van der Waals surface area contributed by atoms with E-state index in [0.717, 1.165) is 0 Å². The van der Waals surface area contributed by atoms with Crippen molar-refractivity contribution >= 4 is 0 Å². The molecule has 0 radical (unpaired) electrons. The van der Waals surface area contributed by atoms with E-state index >= 15 is 0 Å². The predicted octanol–water partition coefficient (Wildman–Crippen LogP) is 5.27. The van der Waals surface area contributed by atoms with E-state index in [4.69, 9.17) is 0 Å². The van der Waals surface area contributed by atoms with Crippen LogP contribution in [-0.2, 0) is 0 Å². The smallest absolute Gasteiger partial charge is 0.00664 e. The summed E-state index contributed by atoms with van der Waals surface area (Å²) in [6.07, 6.45) is 0. The number of aryl methyl sites for hydroxylation is 1. The van der Waals surface area contributed by atoms with Gasteiger partial charge in [0.05, 0.1) is 0 Å². The molecule has 0 heteroatoms. The highest BCUT2D eigenvalue weighted by Crippen LogP contribution is 2.32. The van der Waals surface area contributed by atoms with Gasteiger partial charge in [0, 0.05) is 5.92 Å². The summed E-state index contributed by atoms with van der Waals surface area (Å²) in [4.78, 5) is 0. The second kappa shape index (κ2) is 5.39. The molecule has 0 aliphatic heterocycles. The van der Waals surface area contributed by atoms with Crippen LogP contribution in [0.1, 0.15) is 54.9 Å². The van der Waals surface area contributed by atoms with Crippen LogP contribution in [0, 0.1) is 6.92 Å². The zero-order valence-electron chi connectivity index (χ0n) is 11.8. The zero-order valence-corrected chi connectivity index (χ0v) is 11.8. The van der Waals surface area contributed by atoms with Gasteiger partial charge in [0.1, 0.15) is 0 Å². The van der Waals surface area contributed by atoms with Crippen LogP contribution >= 0.6 is 0 Å². The number of benzene rings is 2. The van der Waals surface area contributed by atoms with Gasteiger partial charge >= 0.3 is 0 Å². The van der Waals surface area contributed by atoms with Gasteiger partial charge in [-0.3, -0.25) is 0 Å². The second-order valence-corrected chi connectivity index (χ2v) is 5.36. The predicted molar refractivity (Wildman–Crippen MR) is 79.2 cm³/mol. The summed E-state index contributed by atoms with van der Waals surface area (Å²) in [6.45, 7) is 9.04. The molecule has 1 atom stereocenters. The van der Waals surface area contributed by atoms with Crippen molar-refractivity contribution in [3.63, 3.8) is 0 Å². The molecular formula is C18H22. The lowest BCUT2D eigenvalue weighted by Gasteiger charge is -2.20. The van der Waals surface area contributed by atoms with Crippen LogP contribution in [0.5, 0.6) is 0 Å². The maximum Gasteiger partial charge on any atom is 0.00664 e. The summed E-state index contributed by atoms with van der Waals surface area (Å²) in [7, 11) is 0. The molecule has 1 unspecified atom stereocenters. The largest absolute Gasteiger partial charge is 0.0620 e. The molecule has 0 saturated carbocycles. The number of rotatable bonds is 3. The van der Waals surface area contributed by atoms with E-state index in [1.165, 1.54) is 22.3 Å². The van der Waals surface area contributed by atoms with Gasteiger partial charge in [-0.2, -0.15) is 0 Å². The third-order valence-electron chi connectivity index (χ3n) is 3.74. The standard InChI is InChI=1S/C18H22/c1-13(2)16-10-7-8-12-18(16)15(4)17-11-6-5-9-14(17)3/h5-13,15H,1-4H3. The first-order chi connectivity index (χ1) is 8.61. The first-order valence-electron chi connectivity index (χ1n) is 6.75. The van der Waals surface area contributed by atoms with Crippen molar-refractivity contribution in [3.8, 4) is 0 Å². The molecule has 2 aromatic carbocycles. The molecule has 0 saturated heterocycles. The summed E-state index contributed by atoms with van der Waals surface area (Å²) in [5.74, 6) is 1.04. The van der Waals surface area contributed by atoms with Gasteiger partial charge in [-0.25, -0.2) is 0 Å². The van der Waals surface area contributed by atoms with Crippen molar-refractivity contribution < 1.29 is 0 Å². The molecule has 0 aromatic heterocycles. The van der Waals surface area contributed by atoms with Crippen LogP contribution in [0.2, 0.25) is 0 Å². The Labute approximate surface area is 111 Å². The average molecular weight is 238 g/mol. The van der Waals surface area contributed by atoms with Gasteiger partial charge in [0.25, 0.3) is 0 Å². The Kier molecular flexibility index (Phi) is 3.86. The van der Waals surface area contributed by atoms with Gasteiger partial charge < -0.3 is 0 Å². The minimum Gasteiger partial charge on any atom is -0.0620 e. The molecule has 2 aromatic rings. The molecule has 0 fully saturated rings. The molecule has 0 aliphatic rings. The molecule has 0 spiro atoms. The topological polar surface area (TPSA) is 0 Å². The molecule has 0 amide bonds. The summed E-state index contributed by atoms with van der Waals surface area (Å²) < 4.78 is 0. The Morgan fingerprint density at radius 3 is 1.72 bits per heavy atom. The van der Waals surface area contributed by atoms with Crippen molar-refractivity contribution in [1.29, 1.82) is 0 Å². The van der Waals surface area contributed by atoms with Crippen LogP contribution in [-0.4, -0.2) is 0 Å². The second-order valence-electron chi connectivity index (χ2n) is 5.36. The molecule has 0 nitrogen and oxygen atoms in total. The third kappa shape index (κ3) is 2.48. The lowest BCUT2D eigenvalue weighted by molar-refractivity contribution is 0.809. The van der Waals surface area contributed by atoms with Crippen LogP contribution in [0.15, 0.2) is 48.5 Å². The molecule has 0 heterocycles. The Hall–Kier alpha value is -1.56. The van der Waals surface area contributed by atoms with Crippen LogP contribution in [0.25, 0.3) is 0 Å². The highest BCUT2D eigenvalue weighted by molar-refractivity contribution is 5.41. The summed E-state index contributed by atoms with van der Waals surface area (Å²) in [6, 6.07) is 17.5. The molecule has 18 heavy (non-hydrogen) atoms. The fourth-order valence-electron chi connectivity index (χ4n) is 2.67. The lowest BCUT2D eigenvalue weighted by atomic mass is 9.84. The summed E-state index contributed by atoms with van der Waals surface area (Å²) in [5, 5.41) is 0. The van der Waals surface area contributed by atoms with Gasteiger partial charge in [0.2, 0.25) is 0 Å². The maximum atomic E-state index is 2.31. The van der Waals surface area contributed by atoms with Crippen LogP contribution in [0.4, 0.5) is 0 Å². The Bertz CT molecular complexity index is 523. The van der Waals surface area contributed by atoms with E-state index in [2.05, 4.69) is 76.2 Å². The fraction of sp³-hybridized carbons (Fsp3) is 0.333. The highest BCUT2D eigenvalue weighted by atomic mass is 14.2. The minimum absolute atomic E-state index is 0.463. The molecule has 0 aliphatic carbocycles. The normalized spacial score (nSPS) is 12.7. The van der Waals surface area contributed by atoms with Gasteiger partial charge in [-0.15, -0.1) is 0 Å². The molecular weight excluding hydrogens is 216 g/mol. The minimum atomic E-state index is 0.463. The van der Waals surface area contributed by atoms with Crippen molar-refractivity contribution in [2.24, 2.45) is 0 Å². The van der Waals surface area contributed by atoms with Crippen LogP contribution < -0.4 is 0 Å². The molecule has 2 rings (SSSR count). The van der Waals surface area contributed by atoms with E-state index < -0.39 is 0 Å². The Balaban J connectivity index is 2.46. The maximum absolute atomic E-state index is 2.31. The zero-order chi connectivity index (χ0) is 13.1. The van der Waals surface area contributed by atoms with Gasteiger partial charge in [-0.05, 0) is 35.1 Å². The summed E-state index contributed by atoms with van der Waals surface area (Å²) in [5.41, 5.74) is 5.74. The number of hydrogen-bond acceptors (Lipinski definition) is 0. The highest BCUT2D eigenvalue weighted by Gasteiger charge is 2.15. The van der Waals surface area contributed by atoms with Gasteiger partial charge in [-0.1, -0.05) is 69.3 Å². The third-order valence-corrected chi connectivity index (χ3v) is 3.74. The lowest BCUT2D eigenvalue weighted by Crippen LogP contribution is -2.03. The fourth-order valence-corrected chi connectivity index (χ4v) is 2.67. The first-order valence-corrected chi connectivity index (χ1v) is 6.75. The van der Waals surface area contributed by atoms with E-state index in [0.29, 0.717) is 11.8 Å². The van der Waals surface area contributed by atoms with Crippen LogP contribution in [0.3, 0.4) is 0 Å². The Morgan fingerprint density at radius 1 is 0.667 bits per heavy atom. The van der Waals surface area contributed by atoms with Crippen molar-refractivity contribution in [2.75, 3.05) is 0 Å². The molecule has 0 N–H and O–H groups in total. The molecule has 0 bridgehead atoms. The van der Waals surface area contributed by atoms with Gasteiger partial charge in [0.15, 0.2) is 0 Å². The van der Waals surface area contributed by atoms with Crippen molar-refractivity contribution in [3.05, 3.63) is 70.8 Å². The Morgan fingerprint density at radius 2 is 1.17 bits per heavy atom. The van der Waals surface area contributed by atoms with E-state index in [-0.39, 0.29) is 0 Å². The SMILES string of the molecule is Cc1ccccc1C(C)c1ccccc1C(C)C. The van der Waals surface area contributed by atoms with E-state index in [1.807, 2.05) is 0 Å². The summed E-state index contributed by atoms with van der Waals surface area (Å²) >= 11 is 0. The van der Waals surface area contributed by atoms with Crippen molar-refractivity contribution in [2.45, 2.75) is 39.5 Å². The van der Waals surface area contributed by atoms with E-state index in [1.54, 1.807) is 0 Å². The monoisotopic (exact) mass is 238 g/mol. The number of hydrogen-bond donors (Lipinski definition) is 0. The quantitative estimate of drug-likeness (QED) is 0.683. The van der Waals surface area contributed by atoms with E-state index in [9.17, 15) is 0 Å². The molecule has 94 valence electrons. The first kappa shape index (κ1) is 12.9. The average Bonchev–Trinajstić information content (AvgIpc) is 2.38.